The molecular formula is C14H11BrF2O2. The number of ether oxygens (including phenoxy) is 1. The van der Waals surface area contributed by atoms with E-state index in [0.29, 0.717) is 10.0 Å². The van der Waals surface area contributed by atoms with E-state index in [9.17, 15) is 13.9 Å². The molecule has 0 saturated carbocycles. The van der Waals surface area contributed by atoms with Crippen LogP contribution in [0.3, 0.4) is 0 Å². The van der Waals surface area contributed by atoms with Crippen LogP contribution in [0.25, 0.3) is 0 Å². The number of aliphatic hydroxyl groups excluding tert-OH is 1. The molecule has 0 fully saturated rings. The summed E-state index contributed by atoms with van der Waals surface area (Å²) in [5.74, 6) is -0.378. The van der Waals surface area contributed by atoms with Crippen LogP contribution in [0.1, 0.15) is 18.6 Å². The second kappa shape index (κ2) is 5.67. The quantitative estimate of drug-likeness (QED) is 0.894. The molecule has 0 spiro atoms. The SMILES string of the molecule is C[C@@H](O)c1cc(F)ccc1Oc1cc(F)ccc1Br. The van der Waals surface area contributed by atoms with E-state index in [2.05, 4.69) is 15.9 Å². The summed E-state index contributed by atoms with van der Waals surface area (Å²) in [6.07, 6.45) is -0.891. The second-order valence-electron chi connectivity index (χ2n) is 4.03. The first-order chi connectivity index (χ1) is 8.97. The minimum atomic E-state index is -0.891. The molecular weight excluding hydrogens is 318 g/mol. The molecule has 0 aliphatic rings. The van der Waals surface area contributed by atoms with Crippen molar-refractivity contribution in [1.29, 1.82) is 0 Å². The Morgan fingerprint density at radius 3 is 2.37 bits per heavy atom. The van der Waals surface area contributed by atoms with Crippen LogP contribution >= 0.6 is 15.9 Å². The molecule has 2 aromatic carbocycles. The van der Waals surface area contributed by atoms with E-state index in [4.69, 9.17) is 4.74 Å². The van der Waals surface area contributed by atoms with Gasteiger partial charge in [-0.3, -0.25) is 0 Å². The molecule has 2 nitrogen and oxygen atoms in total. The van der Waals surface area contributed by atoms with Crippen molar-refractivity contribution in [3.05, 3.63) is 58.1 Å². The molecule has 1 N–H and O–H groups in total. The van der Waals surface area contributed by atoms with Gasteiger partial charge in [0.15, 0.2) is 0 Å². The lowest BCUT2D eigenvalue weighted by molar-refractivity contribution is 0.195. The number of aliphatic hydroxyl groups is 1. The van der Waals surface area contributed by atoms with E-state index < -0.39 is 17.7 Å². The van der Waals surface area contributed by atoms with Crippen molar-refractivity contribution in [1.82, 2.24) is 0 Å². The number of halogens is 3. The van der Waals surface area contributed by atoms with Crippen molar-refractivity contribution in [3.63, 3.8) is 0 Å². The fourth-order valence-corrected chi connectivity index (χ4v) is 1.94. The maximum Gasteiger partial charge on any atom is 0.144 e. The average molecular weight is 329 g/mol. The van der Waals surface area contributed by atoms with Crippen LogP contribution < -0.4 is 4.74 Å². The first-order valence-corrected chi connectivity index (χ1v) is 6.37. The van der Waals surface area contributed by atoms with E-state index in [1.807, 2.05) is 0 Å². The zero-order valence-corrected chi connectivity index (χ0v) is 11.6. The molecule has 0 unspecified atom stereocenters. The Labute approximate surface area is 117 Å². The number of hydrogen-bond acceptors (Lipinski definition) is 2. The lowest BCUT2D eigenvalue weighted by Gasteiger charge is -2.14. The van der Waals surface area contributed by atoms with E-state index in [-0.39, 0.29) is 11.5 Å². The first kappa shape index (κ1) is 14.0. The summed E-state index contributed by atoms with van der Waals surface area (Å²) in [5, 5.41) is 9.60. The molecule has 0 aromatic heterocycles. The topological polar surface area (TPSA) is 29.5 Å². The molecule has 0 aliphatic carbocycles. The molecule has 19 heavy (non-hydrogen) atoms. The highest BCUT2D eigenvalue weighted by Gasteiger charge is 2.13. The van der Waals surface area contributed by atoms with Crippen molar-refractivity contribution in [3.8, 4) is 11.5 Å². The van der Waals surface area contributed by atoms with Crippen LogP contribution in [-0.4, -0.2) is 5.11 Å². The number of rotatable bonds is 3. The van der Waals surface area contributed by atoms with Gasteiger partial charge in [-0.15, -0.1) is 0 Å². The van der Waals surface area contributed by atoms with Gasteiger partial charge in [0.25, 0.3) is 0 Å². The Balaban J connectivity index is 2.40. The molecule has 0 aliphatic heterocycles. The Morgan fingerprint density at radius 2 is 1.68 bits per heavy atom. The second-order valence-corrected chi connectivity index (χ2v) is 4.89. The molecule has 2 rings (SSSR count). The largest absolute Gasteiger partial charge is 0.456 e. The number of benzene rings is 2. The highest BCUT2D eigenvalue weighted by atomic mass is 79.9. The van der Waals surface area contributed by atoms with Crippen LogP contribution in [0, 0.1) is 11.6 Å². The predicted molar refractivity (Wildman–Crippen MR) is 71.2 cm³/mol. The van der Waals surface area contributed by atoms with Gasteiger partial charge in [0, 0.05) is 11.6 Å². The van der Waals surface area contributed by atoms with Crippen LogP contribution in [0.4, 0.5) is 8.78 Å². The van der Waals surface area contributed by atoms with Crippen LogP contribution in [0.2, 0.25) is 0 Å². The zero-order chi connectivity index (χ0) is 14.0. The third-order valence-electron chi connectivity index (χ3n) is 2.54. The van der Waals surface area contributed by atoms with Crippen molar-refractivity contribution < 1.29 is 18.6 Å². The van der Waals surface area contributed by atoms with E-state index in [0.717, 1.165) is 0 Å². The molecule has 1 atom stereocenters. The zero-order valence-electron chi connectivity index (χ0n) is 10.0. The maximum atomic E-state index is 13.2. The third-order valence-corrected chi connectivity index (χ3v) is 3.19. The Bertz CT molecular complexity index is 600. The summed E-state index contributed by atoms with van der Waals surface area (Å²) in [5.41, 5.74) is 0.302. The van der Waals surface area contributed by atoms with E-state index >= 15 is 0 Å². The fraction of sp³-hybridized carbons (Fsp3) is 0.143. The summed E-state index contributed by atoms with van der Waals surface area (Å²) >= 11 is 3.24. The third kappa shape index (κ3) is 3.30. The van der Waals surface area contributed by atoms with Gasteiger partial charge in [-0.05, 0) is 53.2 Å². The molecule has 0 amide bonds. The number of hydrogen-bond donors (Lipinski definition) is 1. The Hall–Kier alpha value is -1.46. The van der Waals surface area contributed by atoms with E-state index in [1.165, 1.54) is 43.3 Å². The minimum Gasteiger partial charge on any atom is -0.456 e. The standard InChI is InChI=1S/C14H11BrF2O2/c1-8(18)11-6-9(16)3-5-13(11)19-14-7-10(17)2-4-12(14)15/h2-8,18H,1H3/t8-/m1/s1. The first-order valence-electron chi connectivity index (χ1n) is 5.58. The molecule has 100 valence electrons. The molecule has 0 radical (unpaired) electrons. The molecule has 2 aromatic rings. The van der Waals surface area contributed by atoms with Gasteiger partial charge in [0.05, 0.1) is 10.6 Å². The van der Waals surface area contributed by atoms with Crippen LogP contribution in [-0.2, 0) is 0 Å². The monoisotopic (exact) mass is 328 g/mol. The van der Waals surface area contributed by atoms with Crippen LogP contribution in [0.5, 0.6) is 11.5 Å². The molecule has 5 heteroatoms. The molecule has 0 bridgehead atoms. The summed E-state index contributed by atoms with van der Waals surface area (Å²) in [6.45, 7) is 1.50. The summed E-state index contributed by atoms with van der Waals surface area (Å²) < 4.78 is 32.4. The van der Waals surface area contributed by atoms with Crippen LogP contribution in [0.15, 0.2) is 40.9 Å². The lowest BCUT2D eigenvalue weighted by atomic mass is 10.1. The summed E-state index contributed by atoms with van der Waals surface area (Å²) in [6, 6.07) is 7.81. The summed E-state index contributed by atoms with van der Waals surface area (Å²) in [7, 11) is 0. The van der Waals surface area contributed by atoms with Crippen molar-refractivity contribution in [2.75, 3.05) is 0 Å². The molecule has 0 saturated heterocycles. The van der Waals surface area contributed by atoms with Gasteiger partial charge in [-0.25, -0.2) is 8.78 Å². The highest BCUT2D eigenvalue weighted by molar-refractivity contribution is 9.10. The molecule has 0 heterocycles. The van der Waals surface area contributed by atoms with Gasteiger partial charge in [0.2, 0.25) is 0 Å². The Morgan fingerprint density at radius 1 is 1.05 bits per heavy atom. The fourth-order valence-electron chi connectivity index (χ4n) is 1.61. The van der Waals surface area contributed by atoms with Crippen molar-refractivity contribution in [2.24, 2.45) is 0 Å². The smallest absolute Gasteiger partial charge is 0.144 e. The van der Waals surface area contributed by atoms with Gasteiger partial charge in [0.1, 0.15) is 23.1 Å². The normalized spacial score (nSPS) is 12.3. The van der Waals surface area contributed by atoms with Crippen molar-refractivity contribution in [2.45, 2.75) is 13.0 Å². The lowest BCUT2D eigenvalue weighted by Crippen LogP contribution is -1.97. The average Bonchev–Trinajstić information content (AvgIpc) is 2.35. The predicted octanol–water partition coefficient (Wildman–Crippen LogP) is 4.57. The highest BCUT2D eigenvalue weighted by Crippen LogP contribution is 2.34. The summed E-state index contributed by atoms with van der Waals surface area (Å²) in [4.78, 5) is 0. The minimum absolute atomic E-state index is 0.258. The Kier molecular flexibility index (Phi) is 4.17. The van der Waals surface area contributed by atoms with Crippen molar-refractivity contribution >= 4 is 15.9 Å². The van der Waals surface area contributed by atoms with Gasteiger partial charge >= 0.3 is 0 Å². The maximum absolute atomic E-state index is 13.2. The van der Waals surface area contributed by atoms with E-state index in [1.54, 1.807) is 0 Å². The van der Waals surface area contributed by atoms with Gasteiger partial charge in [-0.2, -0.15) is 0 Å². The van der Waals surface area contributed by atoms with Gasteiger partial charge in [-0.1, -0.05) is 0 Å². The van der Waals surface area contributed by atoms with Gasteiger partial charge < -0.3 is 9.84 Å².